The van der Waals surface area contributed by atoms with Crippen molar-refractivity contribution in [3.8, 4) is 5.75 Å². The molecule has 1 aliphatic heterocycles. The summed E-state index contributed by atoms with van der Waals surface area (Å²) in [5.74, 6) is -3.20. The number of aromatic hydroxyl groups is 1. The van der Waals surface area contributed by atoms with E-state index in [0.717, 1.165) is 4.90 Å². The fourth-order valence-electron chi connectivity index (χ4n) is 1.92. The molecule has 1 aromatic rings. The van der Waals surface area contributed by atoms with Gasteiger partial charge in [0.2, 0.25) is 5.91 Å². The Labute approximate surface area is 108 Å². The third kappa shape index (κ3) is 2.90. The number of carbonyl (C=O) groups excluding carboxylic acids is 1. The van der Waals surface area contributed by atoms with E-state index in [-0.39, 0.29) is 25.1 Å². The van der Waals surface area contributed by atoms with Crippen LogP contribution >= 0.6 is 11.6 Å². The Morgan fingerprint density at radius 1 is 1.50 bits per heavy atom. The minimum atomic E-state index is -2.79. The van der Waals surface area contributed by atoms with Gasteiger partial charge in [0.1, 0.15) is 5.75 Å². The highest BCUT2D eigenvalue weighted by molar-refractivity contribution is 6.31. The fourth-order valence-corrected chi connectivity index (χ4v) is 2.10. The van der Waals surface area contributed by atoms with Gasteiger partial charge in [-0.2, -0.15) is 0 Å². The number of phenolic OH excluding ortho intramolecular Hbond substituents is 1. The highest BCUT2D eigenvalue weighted by atomic mass is 35.5. The minimum absolute atomic E-state index is 0.00560. The number of phenols is 1. The number of benzene rings is 1. The number of alkyl halides is 2. The SMILES string of the molecule is O=C(Cc1cc(O)ccc1Cl)N1CCC(F)(F)C1. The molecule has 0 spiro atoms. The lowest BCUT2D eigenvalue weighted by atomic mass is 10.1. The van der Waals surface area contributed by atoms with Crippen molar-refractivity contribution >= 4 is 17.5 Å². The maximum absolute atomic E-state index is 13.0. The van der Waals surface area contributed by atoms with Crippen LogP contribution in [0.25, 0.3) is 0 Å². The third-order valence-electron chi connectivity index (χ3n) is 2.89. The van der Waals surface area contributed by atoms with Crippen molar-refractivity contribution in [2.75, 3.05) is 13.1 Å². The summed E-state index contributed by atoms with van der Waals surface area (Å²) in [6.07, 6.45) is -0.379. The highest BCUT2D eigenvalue weighted by Gasteiger charge is 2.40. The van der Waals surface area contributed by atoms with Crippen molar-refractivity contribution < 1.29 is 18.7 Å². The Morgan fingerprint density at radius 2 is 2.22 bits per heavy atom. The average molecular weight is 276 g/mol. The van der Waals surface area contributed by atoms with Gasteiger partial charge in [-0.3, -0.25) is 4.79 Å². The molecule has 0 saturated carbocycles. The average Bonchev–Trinajstić information content (AvgIpc) is 2.64. The zero-order chi connectivity index (χ0) is 13.3. The Hall–Kier alpha value is -1.36. The standard InChI is InChI=1S/C12H12ClF2NO2/c13-10-2-1-9(17)5-8(10)6-11(18)16-4-3-12(14,15)7-16/h1-2,5,17H,3-4,6-7H2. The first kappa shape index (κ1) is 13.1. The molecule has 1 heterocycles. The molecule has 3 nitrogen and oxygen atoms in total. The Morgan fingerprint density at radius 3 is 2.83 bits per heavy atom. The quantitative estimate of drug-likeness (QED) is 0.901. The molecule has 0 bridgehead atoms. The van der Waals surface area contributed by atoms with E-state index in [1.807, 2.05) is 0 Å². The lowest BCUT2D eigenvalue weighted by Crippen LogP contribution is -2.32. The summed E-state index contributed by atoms with van der Waals surface area (Å²) in [5.41, 5.74) is 0.442. The first-order valence-corrected chi connectivity index (χ1v) is 5.88. The predicted molar refractivity (Wildman–Crippen MR) is 63.0 cm³/mol. The van der Waals surface area contributed by atoms with E-state index in [9.17, 15) is 18.7 Å². The zero-order valence-corrected chi connectivity index (χ0v) is 10.3. The molecule has 0 unspecified atom stereocenters. The topological polar surface area (TPSA) is 40.5 Å². The van der Waals surface area contributed by atoms with Gasteiger partial charge >= 0.3 is 0 Å². The van der Waals surface area contributed by atoms with Crippen LogP contribution in [0.1, 0.15) is 12.0 Å². The second-order valence-electron chi connectivity index (χ2n) is 4.37. The van der Waals surface area contributed by atoms with Gasteiger partial charge in [0.25, 0.3) is 5.92 Å². The molecule has 18 heavy (non-hydrogen) atoms. The van der Waals surface area contributed by atoms with Crippen LogP contribution in [-0.2, 0) is 11.2 Å². The number of amides is 1. The van der Waals surface area contributed by atoms with Crippen LogP contribution in [0.4, 0.5) is 8.78 Å². The van der Waals surface area contributed by atoms with Crippen molar-refractivity contribution in [1.29, 1.82) is 0 Å². The number of hydrogen-bond acceptors (Lipinski definition) is 2. The molecule has 98 valence electrons. The summed E-state index contributed by atoms with van der Waals surface area (Å²) in [4.78, 5) is 12.9. The van der Waals surface area contributed by atoms with Crippen LogP contribution in [0, 0.1) is 0 Å². The van der Waals surface area contributed by atoms with Crippen molar-refractivity contribution in [2.45, 2.75) is 18.8 Å². The third-order valence-corrected chi connectivity index (χ3v) is 3.26. The van der Waals surface area contributed by atoms with Gasteiger partial charge in [0, 0.05) is 18.0 Å². The van der Waals surface area contributed by atoms with Crippen LogP contribution in [0.2, 0.25) is 5.02 Å². The molecule has 0 aliphatic carbocycles. The van der Waals surface area contributed by atoms with Gasteiger partial charge in [-0.25, -0.2) is 8.78 Å². The molecule has 1 aromatic carbocycles. The molecule has 1 amide bonds. The lowest BCUT2D eigenvalue weighted by Gasteiger charge is -2.16. The minimum Gasteiger partial charge on any atom is -0.508 e. The second kappa shape index (κ2) is 4.72. The maximum atomic E-state index is 13.0. The summed E-state index contributed by atoms with van der Waals surface area (Å²) >= 11 is 5.87. The molecule has 0 aromatic heterocycles. The first-order chi connectivity index (χ1) is 8.37. The monoisotopic (exact) mass is 275 g/mol. The van der Waals surface area contributed by atoms with Gasteiger partial charge in [-0.05, 0) is 23.8 Å². The van der Waals surface area contributed by atoms with Crippen molar-refractivity contribution in [1.82, 2.24) is 4.90 Å². The van der Waals surface area contributed by atoms with Crippen LogP contribution < -0.4 is 0 Å². The normalized spacial score (nSPS) is 18.1. The summed E-state index contributed by atoms with van der Waals surface area (Å²) in [5, 5.41) is 9.64. The molecule has 6 heteroatoms. The molecule has 1 N–H and O–H groups in total. The highest BCUT2D eigenvalue weighted by Crippen LogP contribution is 2.28. The number of likely N-dealkylation sites (tertiary alicyclic amines) is 1. The zero-order valence-electron chi connectivity index (χ0n) is 9.50. The molecular formula is C12H12ClF2NO2. The van der Waals surface area contributed by atoms with Crippen LogP contribution in [-0.4, -0.2) is 34.9 Å². The summed E-state index contributed by atoms with van der Waals surface area (Å²) in [6, 6.07) is 4.24. The molecule has 2 rings (SSSR count). The van der Waals surface area contributed by atoms with Crippen molar-refractivity contribution in [3.05, 3.63) is 28.8 Å². The van der Waals surface area contributed by atoms with E-state index in [1.54, 1.807) is 0 Å². The number of nitrogens with zero attached hydrogens (tertiary/aromatic N) is 1. The number of rotatable bonds is 2. The Bertz CT molecular complexity index is 479. The summed E-state index contributed by atoms with van der Waals surface area (Å²) < 4.78 is 26.0. The van der Waals surface area contributed by atoms with Gasteiger partial charge < -0.3 is 10.0 Å². The van der Waals surface area contributed by atoms with E-state index in [0.29, 0.717) is 10.6 Å². The summed E-state index contributed by atoms with van der Waals surface area (Å²) in [7, 11) is 0. The van der Waals surface area contributed by atoms with Crippen LogP contribution in [0.3, 0.4) is 0 Å². The second-order valence-corrected chi connectivity index (χ2v) is 4.78. The van der Waals surface area contributed by atoms with E-state index in [4.69, 9.17) is 11.6 Å². The van der Waals surface area contributed by atoms with Crippen LogP contribution in [0.15, 0.2) is 18.2 Å². The molecular weight excluding hydrogens is 264 g/mol. The maximum Gasteiger partial charge on any atom is 0.267 e. The molecule has 1 fully saturated rings. The van der Waals surface area contributed by atoms with E-state index >= 15 is 0 Å². The molecule has 1 aliphatic rings. The lowest BCUT2D eigenvalue weighted by molar-refractivity contribution is -0.130. The van der Waals surface area contributed by atoms with E-state index in [1.165, 1.54) is 18.2 Å². The predicted octanol–water partition coefficient (Wildman–Crippen LogP) is 2.46. The van der Waals surface area contributed by atoms with Gasteiger partial charge in [-0.15, -0.1) is 0 Å². The van der Waals surface area contributed by atoms with E-state index in [2.05, 4.69) is 0 Å². The number of halogens is 3. The van der Waals surface area contributed by atoms with Crippen molar-refractivity contribution in [3.63, 3.8) is 0 Å². The van der Waals surface area contributed by atoms with E-state index < -0.39 is 18.4 Å². The molecule has 0 radical (unpaired) electrons. The van der Waals surface area contributed by atoms with Crippen molar-refractivity contribution in [2.24, 2.45) is 0 Å². The number of carbonyl (C=O) groups is 1. The Kier molecular flexibility index (Phi) is 3.43. The molecule has 0 atom stereocenters. The fraction of sp³-hybridized carbons (Fsp3) is 0.417. The van der Waals surface area contributed by atoms with Gasteiger partial charge in [-0.1, -0.05) is 11.6 Å². The smallest absolute Gasteiger partial charge is 0.267 e. The first-order valence-electron chi connectivity index (χ1n) is 5.50. The Balaban J connectivity index is 2.06. The molecule has 1 saturated heterocycles. The largest absolute Gasteiger partial charge is 0.508 e. The van der Waals surface area contributed by atoms with Gasteiger partial charge in [0.05, 0.1) is 13.0 Å². The van der Waals surface area contributed by atoms with Crippen LogP contribution in [0.5, 0.6) is 5.75 Å². The summed E-state index contributed by atoms with van der Waals surface area (Å²) in [6.45, 7) is -0.482. The number of hydrogen-bond donors (Lipinski definition) is 1. The van der Waals surface area contributed by atoms with Gasteiger partial charge in [0.15, 0.2) is 0 Å².